The average Bonchev–Trinajstić information content (AvgIpc) is 2.80. The molecule has 0 saturated carbocycles. The summed E-state index contributed by atoms with van der Waals surface area (Å²) in [5, 5.41) is 0. The van der Waals surface area contributed by atoms with Gasteiger partial charge in [-0.2, -0.15) is 0 Å². The number of piperidine rings is 1. The number of nitrogens with zero attached hydrogens (tertiary/aromatic N) is 1. The van der Waals surface area contributed by atoms with Crippen LogP contribution in [0.3, 0.4) is 0 Å². The molecule has 0 bridgehead atoms. The van der Waals surface area contributed by atoms with Gasteiger partial charge in [-0.05, 0) is 37.5 Å². The van der Waals surface area contributed by atoms with Crippen molar-refractivity contribution in [3.8, 4) is 0 Å². The molecule has 2 heterocycles. The Balaban J connectivity index is 1.97. The van der Waals surface area contributed by atoms with Gasteiger partial charge in [0.15, 0.2) is 0 Å². The molecule has 3 nitrogen and oxygen atoms in total. The van der Waals surface area contributed by atoms with Crippen LogP contribution >= 0.6 is 0 Å². The van der Waals surface area contributed by atoms with Gasteiger partial charge in [-0.15, -0.1) is 0 Å². The van der Waals surface area contributed by atoms with E-state index in [1.165, 1.54) is 6.42 Å². The van der Waals surface area contributed by atoms with Gasteiger partial charge in [-0.1, -0.05) is 20.8 Å². The van der Waals surface area contributed by atoms with Crippen LogP contribution in [0, 0.1) is 5.41 Å². The number of carbonyl (C=O) groups is 1. The van der Waals surface area contributed by atoms with Gasteiger partial charge in [-0.3, -0.25) is 4.79 Å². The SMILES string of the molecule is CC(C)(C)C1CCCCN1C(=O)CC1CCCO1. The Morgan fingerprint density at radius 1 is 1.22 bits per heavy atom. The molecule has 0 aromatic heterocycles. The van der Waals surface area contributed by atoms with Crippen molar-refractivity contribution in [2.45, 2.75) is 71.4 Å². The van der Waals surface area contributed by atoms with Crippen LogP contribution in [-0.2, 0) is 9.53 Å². The predicted octanol–water partition coefficient (Wildman–Crippen LogP) is 2.98. The minimum absolute atomic E-state index is 0.181. The highest BCUT2D eigenvalue weighted by Gasteiger charge is 2.35. The van der Waals surface area contributed by atoms with E-state index in [2.05, 4.69) is 25.7 Å². The number of likely N-dealkylation sites (tertiary alicyclic amines) is 1. The third-order valence-corrected chi connectivity index (χ3v) is 4.25. The summed E-state index contributed by atoms with van der Waals surface area (Å²) < 4.78 is 5.59. The quantitative estimate of drug-likeness (QED) is 0.757. The highest BCUT2D eigenvalue weighted by Crippen LogP contribution is 2.32. The zero-order chi connectivity index (χ0) is 13.2. The van der Waals surface area contributed by atoms with Crippen LogP contribution in [0.1, 0.15) is 59.3 Å². The number of amides is 1. The Kier molecular flexibility index (Phi) is 4.31. The smallest absolute Gasteiger partial charge is 0.225 e. The van der Waals surface area contributed by atoms with Crippen molar-refractivity contribution in [3.05, 3.63) is 0 Å². The molecule has 1 amide bonds. The lowest BCUT2D eigenvalue weighted by atomic mass is 9.80. The van der Waals surface area contributed by atoms with Gasteiger partial charge < -0.3 is 9.64 Å². The minimum Gasteiger partial charge on any atom is -0.378 e. The monoisotopic (exact) mass is 253 g/mol. The fraction of sp³-hybridized carbons (Fsp3) is 0.933. The van der Waals surface area contributed by atoms with E-state index in [1.807, 2.05) is 0 Å². The van der Waals surface area contributed by atoms with Crippen molar-refractivity contribution < 1.29 is 9.53 Å². The van der Waals surface area contributed by atoms with Crippen LogP contribution in [0.15, 0.2) is 0 Å². The molecule has 2 fully saturated rings. The first kappa shape index (κ1) is 13.9. The summed E-state index contributed by atoms with van der Waals surface area (Å²) in [5.41, 5.74) is 0.187. The molecule has 0 radical (unpaired) electrons. The summed E-state index contributed by atoms with van der Waals surface area (Å²) in [6.07, 6.45) is 6.50. The van der Waals surface area contributed by atoms with Crippen molar-refractivity contribution in [1.82, 2.24) is 4.90 Å². The second-order valence-corrected chi connectivity index (χ2v) is 6.80. The van der Waals surface area contributed by atoms with Crippen molar-refractivity contribution in [3.63, 3.8) is 0 Å². The fourth-order valence-electron chi connectivity index (χ4n) is 3.25. The van der Waals surface area contributed by atoms with Crippen LogP contribution in [-0.4, -0.2) is 36.1 Å². The van der Waals surface area contributed by atoms with Crippen LogP contribution in [0.4, 0.5) is 0 Å². The Labute approximate surface area is 111 Å². The summed E-state index contributed by atoms with van der Waals surface area (Å²) >= 11 is 0. The van der Waals surface area contributed by atoms with Crippen molar-refractivity contribution in [2.75, 3.05) is 13.2 Å². The summed E-state index contributed by atoms with van der Waals surface area (Å²) in [4.78, 5) is 14.6. The molecular formula is C15H27NO2. The summed E-state index contributed by atoms with van der Waals surface area (Å²) in [6, 6.07) is 0.403. The second kappa shape index (κ2) is 5.60. The highest BCUT2D eigenvalue weighted by atomic mass is 16.5. The lowest BCUT2D eigenvalue weighted by molar-refractivity contribution is -0.140. The maximum Gasteiger partial charge on any atom is 0.225 e. The average molecular weight is 253 g/mol. The van der Waals surface area contributed by atoms with E-state index in [1.54, 1.807) is 0 Å². The van der Waals surface area contributed by atoms with Crippen molar-refractivity contribution in [2.24, 2.45) is 5.41 Å². The first-order valence-corrected chi connectivity index (χ1v) is 7.39. The summed E-state index contributed by atoms with van der Waals surface area (Å²) in [6.45, 7) is 8.51. The van der Waals surface area contributed by atoms with E-state index in [9.17, 15) is 4.79 Å². The van der Waals surface area contributed by atoms with Gasteiger partial charge in [0.1, 0.15) is 0 Å². The number of rotatable bonds is 2. The third kappa shape index (κ3) is 3.25. The molecule has 2 unspecified atom stereocenters. The number of hydrogen-bond donors (Lipinski definition) is 0. The topological polar surface area (TPSA) is 29.5 Å². The van der Waals surface area contributed by atoms with Crippen LogP contribution in [0.25, 0.3) is 0 Å². The van der Waals surface area contributed by atoms with Crippen LogP contribution in [0.2, 0.25) is 0 Å². The Morgan fingerprint density at radius 3 is 2.61 bits per heavy atom. The van der Waals surface area contributed by atoms with Crippen molar-refractivity contribution in [1.29, 1.82) is 0 Å². The molecule has 2 rings (SSSR count). The lowest BCUT2D eigenvalue weighted by Gasteiger charge is -2.43. The zero-order valence-corrected chi connectivity index (χ0v) is 12.1. The molecule has 2 atom stereocenters. The van der Waals surface area contributed by atoms with E-state index in [0.717, 1.165) is 38.8 Å². The van der Waals surface area contributed by atoms with Crippen molar-refractivity contribution >= 4 is 5.91 Å². The number of hydrogen-bond acceptors (Lipinski definition) is 2. The molecule has 0 aliphatic carbocycles. The first-order chi connectivity index (χ1) is 8.48. The molecule has 0 spiro atoms. The molecule has 0 aromatic rings. The summed E-state index contributed by atoms with van der Waals surface area (Å²) in [5.74, 6) is 0.307. The molecule has 18 heavy (non-hydrogen) atoms. The Hall–Kier alpha value is -0.570. The van der Waals surface area contributed by atoms with Crippen LogP contribution in [0.5, 0.6) is 0 Å². The standard InChI is InChI=1S/C15H27NO2/c1-15(2,3)13-8-4-5-9-16(13)14(17)11-12-7-6-10-18-12/h12-13H,4-11H2,1-3H3. The lowest BCUT2D eigenvalue weighted by Crippen LogP contribution is -2.50. The van der Waals surface area contributed by atoms with Gasteiger partial charge in [0.2, 0.25) is 5.91 Å². The van der Waals surface area contributed by atoms with Gasteiger partial charge in [-0.25, -0.2) is 0 Å². The maximum absolute atomic E-state index is 12.5. The largest absolute Gasteiger partial charge is 0.378 e. The van der Waals surface area contributed by atoms with E-state index < -0.39 is 0 Å². The van der Waals surface area contributed by atoms with Crippen LogP contribution < -0.4 is 0 Å². The molecule has 3 heteroatoms. The van der Waals surface area contributed by atoms with Gasteiger partial charge in [0, 0.05) is 19.2 Å². The van der Waals surface area contributed by atoms with E-state index in [0.29, 0.717) is 18.4 Å². The van der Waals surface area contributed by atoms with Gasteiger partial charge in [0.05, 0.1) is 12.5 Å². The van der Waals surface area contributed by atoms with E-state index in [-0.39, 0.29) is 11.5 Å². The Morgan fingerprint density at radius 2 is 2.00 bits per heavy atom. The molecular weight excluding hydrogens is 226 g/mol. The van der Waals surface area contributed by atoms with Gasteiger partial charge >= 0.3 is 0 Å². The van der Waals surface area contributed by atoms with Gasteiger partial charge in [0.25, 0.3) is 0 Å². The first-order valence-electron chi connectivity index (χ1n) is 7.39. The normalized spacial score (nSPS) is 29.6. The molecule has 2 aliphatic rings. The van der Waals surface area contributed by atoms with E-state index >= 15 is 0 Å². The minimum atomic E-state index is 0.181. The zero-order valence-electron chi connectivity index (χ0n) is 12.1. The predicted molar refractivity (Wildman–Crippen MR) is 72.4 cm³/mol. The summed E-state index contributed by atoms with van der Waals surface area (Å²) in [7, 11) is 0. The molecule has 2 saturated heterocycles. The highest BCUT2D eigenvalue weighted by molar-refractivity contribution is 5.77. The van der Waals surface area contributed by atoms with E-state index in [4.69, 9.17) is 4.74 Å². The third-order valence-electron chi connectivity index (χ3n) is 4.25. The number of ether oxygens (including phenoxy) is 1. The maximum atomic E-state index is 12.5. The second-order valence-electron chi connectivity index (χ2n) is 6.80. The molecule has 2 aliphatic heterocycles. The molecule has 0 aromatic carbocycles. The molecule has 104 valence electrons. The number of carbonyl (C=O) groups excluding carboxylic acids is 1. The Bertz CT molecular complexity index is 289. The molecule has 0 N–H and O–H groups in total. The fourth-order valence-corrected chi connectivity index (χ4v) is 3.25.